The molecule has 2 aliphatic rings. The van der Waals surface area contributed by atoms with Crippen molar-refractivity contribution in [3.63, 3.8) is 0 Å². The third-order valence-electron chi connectivity index (χ3n) is 4.35. The first-order valence-corrected chi connectivity index (χ1v) is 7.48. The van der Waals surface area contributed by atoms with Crippen molar-refractivity contribution in [3.05, 3.63) is 11.6 Å². The number of ether oxygens (including phenoxy) is 1. The summed E-state index contributed by atoms with van der Waals surface area (Å²) in [5.41, 5.74) is 0.800. The van der Waals surface area contributed by atoms with Crippen LogP contribution >= 0.6 is 0 Å². The Labute approximate surface area is 116 Å². The van der Waals surface area contributed by atoms with Crippen molar-refractivity contribution in [2.24, 2.45) is 0 Å². The number of carbonyl (C=O) groups excluding carboxylic acids is 1. The molecule has 0 aromatic rings. The lowest BCUT2D eigenvalue weighted by molar-refractivity contribution is -0.136. The Morgan fingerprint density at radius 2 is 2.16 bits per heavy atom. The highest BCUT2D eigenvalue weighted by molar-refractivity contribution is 5.88. The van der Waals surface area contributed by atoms with Crippen LogP contribution in [0, 0.1) is 0 Å². The van der Waals surface area contributed by atoms with Crippen LogP contribution in [0.25, 0.3) is 0 Å². The summed E-state index contributed by atoms with van der Waals surface area (Å²) in [7, 11) is 1.45. The molecule has 19 heavy (non-hydrogen) atoms. The maximum Gasteiger partial charge on any atom is 0.333 e. The molecule has 2 aliphatic heterocycles. The fraction of sp³-hybridized carbons (Fsp3) is 0.800. The molecule has 0 aromatic heterocycles. The molecule has 0 spiro atoms. The number of methoxy groups -OCH3 is 1. The minimum Gasteiger partial charge on any atom is -0.466 e. The largest absolute Gasteiger partial charge is 0.466 e. The zero-order valence-corrected chi connectivity index (χ0v) is 12.2. The highest BCUT2D eigenvalue weighted by Gasteiger charge is 2.28. The van der Waals surface area contributed by atoms with Crippen LogP contribution in [0.4, 0.5) is 0 Å². The van der Waals surface area contributed by atoms with Gasteiger partial charge in [0, 0.05) is 37.8 Å². The van der Waals surface area contributed by atoms with Gasteiger partial charge in [-0.3, -0.25) is 9.80 Å². The van der Waals surface area contributed by atoms with E-state index >= 15 is 0 Å². The van der Waals surface area contributed by atoms with Crippen molar-refractivity contribution in [3.8, 4) is 0 Å². The molecule has 0 N–H and O–H groups in total. The van der Waals surface area contributed by atoms with Crippen LogP contribution < -0.4 is 0 Å². The molecule has 2 fully saturated rings. The summed E-state index contributed by atoms with van der Waals surface area (Å²) in [5.74, 6) is -0.182. The molecule has 1 atom stereocenters. The smallest absolute Gasteiger partial charge is 0.333 e. The molecular formula is C15H26N2O2. The zero-order chi connectivity index (χ0) is 13.7. The standard InChI is InChI=1S/C15H26N2O2/c1-3-13(15(18)19-2)7-9-16-10-11-17-8-5-4-6-14(17)12-16/h7,14H,3-6,8-12H2,1-2H3. The monoisotopic (exact) mass is 266 g/mol. The average Bonchev–Trinajstić information content (AvgIpc) is 2.47. The van der Waals surface area contributed by atoms with Gasteiger partial charge in [0.25, 0.3) is 0 Å². The molecule has 0 saturated carbocycles. The Morgan fingerprint density at radius 3 is 2.89 bits per heavy atom. The first-order valence-electron chi connectivity index (χ1n) is 7.48. The van der Waals surface area contributed by atoms with Gasteiger partial charge < -0.3 is 4.74 Å². The number of carbonyl (C=O) groups is 1. The number of esters is 1. The normalized spacial score (nSPS) is 26.0. The highest BCUT2D eigenvalue weighted by Crippen LogP contribution is 2.21. The molecule has 0 radical (unpaired) electrons. The third-order valence-corrected chi connectivity index (χ3v) is 4.35. The highest BCUT2D eigenvalue weighted by atomic mass is 16.5. The molecule has 108 valence electrons. The van der Waals surface area contributed by atoms with Gasteiger partial charge in [-0.15, -0.1) is 0 Å². The van der Waals surface area contributed by atoms with E-state index in [9.17, 15) is 4.79 Å². The van der Waals surface area contributed by atoms with Crippen LogP contribution in [0.1, 0.15) is 32.6 Å². The van der Waals surface area contributed by atoms with Crippen LogP contribution in [0.2, 0.25) is 0 Å². The number of hydrogen-bond acceptors (Lipinski definition) is 4. The van der Waals surface area contributed by atoms with Crippen LogP contribution in [0.5, 0.6) is 0 Å². The molecule has 2 heterocycles. The number of fused-ring (bicyclic) bond motifs is 1. The van der Waals surface area contributed by atoms with E-state index in [2.05, 4.69) is 9.80 Å². The quantitative estimate of drug-likeness (QED) is 0.572. The van der Waals surface area contributed by atoms with Gasteiger partial charge in [-0.2, -0.15) is 0 Å². The molecule has 4 heteroatoms. The Morgan fingerprint density at radius 1 is 1.32 bits per heavy atom. The number of piperazine rings is 1. The summed E-state index contributed by atoms with van der Waals surface area (Å²) in [6, 6.07) is 0.735. The van der Waals surface area contributed by atoms with Gasteiger partial charge in [-0.05, 0) is 25.8 Å². The summed E-state index contributed by atoms with van der Waals surface area (Å²) in [6.07, 6.45) is 6.85. The van der Waals surface area contributed by atoms with Gasteiger partial charge in [-0.1, -0.05) is 19.4 Å². The maximum atomic E-state index is 11.5. The molecule has 0 aliphatic carbocycles. The second-order valence-corrected chi connectivity index (χ2v) is 5.52. The molecule has 0 bridgehead atoms. The average molecular weight is 266 g/mol. The summed E-state index contributed by atoms with van der Waals surface area (Å²) in [4.78, 5) is 16.6. The Hall–Kier alpha value is -0.870. The third kappa shape index (κ3) is 3.80. The van der Waals surface area contributed by atoms with Gasteiger partial charge in [0.2, 0.25) is 0 Å². The lowest BCUT2D eigenvalue weighted by Crippen LogP contribution is -2.54. The predicted molar refractivity (Wildman–Crippen MR) is 76.0 cm³/mol. The van der Waals surface area contributed by atoms with E-state index in [4.69, 9.17) is 4.74 Å². The molecule has 1 unspecified atom stereocenters. The molecule has 0 aromatic carbocycles. The first-order chi connectivity index (χ1) is 9.24. The van der Waals surface area contributed by atoms with Gasteiger partial charge in [0.05, 0.1) is 7.11 Å². The van der Waals surface area contributed by atoms with Crippen molar-refractivity contribution in [1.82, 2.24) is 9.80 Å². The summed E-state index contributed by atoms with van der Waals surface area (Å²) < 4.78 is 4.80. The molecule has 2 saturated heterocycles. The Kier molecular flexibility index (Phi) is 5.40. The zero-order valence-electron chi connectivity index (χ0n) is 12.2. The van der Waals surface area contributed by atoms with Crippen LogP contribution in [-0.4, -0.2) is 61.6 Å². The molecule has 2 rings (SSSR count). The van der Waals surface area contributed by atoms with Crippen LogP contribution in [0.15, 0.2) is 11.6 Å². The number of nitrogens with zero attached hydrogens (tertiary/aromatic N) is 2. The van der Waals surface area contributed by atoms with Crippen molar-refractivity contribution in [1.29, 1.82) is 0 Å². The minimum atomic E-state index is -0.182. The fourth-order valence-electron chi connectivity index (χ4n) is 3.13. The van der Waals surface area contributed by atoms with E-state index in [-0.39, 0.29) is 5.97 Å². The summed E-state index contributed by atoms with van der Waals surface area (Å²) >= 11 is 0. The van der Waals surface area contributed by atoms with E-state index < -0.39 is 0 Å². The number of hydrogen-bond donors (Lipinski definition) is 0. The SMILES string of the molecule is CCC(=CCN1CCN2CCCCC2C1)C(=O)OC. The van der Waals surface area contributed by atoms with Crippen molar-refractivity contribution < 1.29 is 9.53 Å². The molecular weight excluding hydrogens is 240 g/mol. The lowest BCUT2D eigenvalue weighted by atomic mass is 9.99. The summed E-state index contributed by atoms with van der Waals surface area (Å²) in [5, 5.41) is 0. The Balaban J connectivity index is 1.86. The second kappa shape index (κ2) is 7.06. The first kappa shape index (κ1) is 14.5. The van der Waals surface area contributed by atoms with Crippen molar-refractivity contribution in [2.45, 2.75) is 38.6 Å². The minimum absolute atomic E-state index is 0.182. The predicted octanol–water partition coefficient (Wildman–Crippen LogP) is 1.67. The van der Waals surface area contributed by atoms with E-state index in [1.807, 2.05) is 13.0 Å². The second-order valence-electron chi connectivity index (χ2n) is 5.52. The maximum absolute atomic E-state index is 11.5. The number of piperidine rings is 1. The van der Waals surface area contributed by atoms with Crippen molar-refractivity contribution in [2.75, 3.05) is 39.8 Å². The molecule has 0 amide bonds. The van der Waals surface area contributed by atoms with Gasteiger partial charge in [0.1, 0.15) is 0 Å². The van der Waals surface area contributed by atoms with Crippen LogP contribution in [0.3, 0.4) is 0 Å². The van der Waals surface area contributed by atoms with E-state index in [0.29, 0.717) is 0 Å². The fourth-order valence-corrected chi connectivity index (χ4v) is 3.13. The van der Waals surface area contributed by atoms with E-state index in [1.54, 1.807) is 0 Å². The van der Waals surface area contributed by atoms with Gasteiger partial charge in [-0.25, -0.2) is 4.79 Å². The Bertz CT molecular complexity index is 341. The van der Waals surface area contributed by atoms with Gasteiger partial charge in [0.15, 0.2) is 0 Å². The van der Waals surface area contributed by atoms with Gasteiger partial charge >= 0.3 is 5.97 Å². The van der Waals surface area contributed by atoms with Crippen molar-refractivity contribution >= 4 is 5.97 Å². The number of rotatable bonds is 4. The topological polar surface area (TPSA) is 32.8 Å². The van der Waals surface area contributed by atoms with E-state index in [1.165, 1.54) is 39.5 Å². The molecule has 4 nitrogen and oxygen atoms in total. The summed E-state index contributed by atoms with van der Waals surface area (Å²) in [6.45, 7) is 7.60. The van der Waals surface area contributed by atoms with Crippen LogP contribution in [-0.2, 0) is 9.53 Å². The van der Waals surface area contributed by atoms with E-state index in [0.717, 1.165) is 37.7 Å². The lowest BCUT2D eigenvalue weighted by Gasteiger charge is -2.43.